The molecule has 1 unspecified atom stereocenters. The fourth-order valence-corrected chi connectivity index (χ4v) is 5.54. The van der Waals surface area contributed by atoms with Crippen molar-refractivity contribution in [3.05, 3.63) is 100 Å². The smallest absolute Gasteiger partial charge is 0.103 e. The molecular weight excluding hydrogens is 357 g/mol. The first kappa shape index (κ1) is 17.9. The Hall–Kier alpha value is -2.93. The van der Waals surface area contributed by atoms with E-state index in [0.29, 0.717) is 10.9 Å². The van der Waals surface area contributed by atoms with E-state index >= 15 is 0 Å². The van der Waals surface area contributed by atoms with E-state index in [0.717, 1.165) is 16.6 Å². The highest BCUT2D eigenvalue weighted by Crippen LogP contribution is 2.62. The molecule has 6 radical (unpaired) electrons. The largest absolute Gasteiger partial charge is 0.113 e. The predicted molar refractivity (Wildman–Crippen MR) is 128 cm³/mol. The van der Waals surface area contributed by atoms with Gasteiger partial charge in [0.05, 0.1) is 5.41 Å². The van der Waals surface area contributed by atoms with Crippen LogP contribution < -0.4 is 16.4 Å². The molecule has 30 heavy (non-hydrogen) atoms. The van der Waals surface area contributed by atoms with Gasteiger partial charge in [0.1, 0.15) is 23.5 Å². The quantitative estimate of drug-likeness (QED) is 0.359. The van der Waals surface area contributed by atoms with Crippen molar-refractivity contribution in [2.75, 3.05) is 0 Å². The summed E-state index contributed by atoms with van der Waals surface area (Å²) in [6.45, 7) is 4.36. The van der Waals surface area contributed by atoms with Crippen molar-refractivity contribution in [1.82, 2.24) is 0 Å². The van der Waals surface area contributed by atoms with Crippen LogP contribution in [0.4, 0.5) is 0 Å². The topological polar surface area (TPSA) is 0 Å². The molecule has 134 valence electrons. The second-order valence-corrected chi connectivity index (χ2v) is 8.61. The van der Waals surface area contributed by atoms with Crippen LogP contribution in [0.2, 0.25) is 0 Å². The van der Waals surface area contributed by atoms with E-state index in [1.165, 1.54) is 44.5 Å². The lowest BCUT2D eigenvalue weighted by atomic mass is 9.68. The third kappa shape index (κ3) is 2.01. The molecule has 0 amide bonds. The van der Waals surface area contributed by atoms with Crippen molar-refractivity contribution in [3.63, 3.8) is 0 Å². The summed E-state index contributed by atoms with van der Waals surface area (Å²) in [6.07, 6.45) is 0. The van der Waals surface area contributed by atoms with E-state index < -0.39 is 5.41 Å². The Morgan fingerprint density at radius 1 is 0.533 bits per heavy atom. The van der Waals surface area contributed by atoms with Crippen LogP contribution in [0.15, 0.2) is 66.7 Å². The van der Waals surface area contributed by atoms with Gasteiger partial charge in [-0.15, -0.1) is 10.9 Å². The number of hydrogen-bond acceptors (Lipinski definition) is 0. The minimum absolute atomic E-state index is 0.412. The summed E-state index contributed by atoms with van der Waals surface area (Å²) in [5.74, 6) is 0. The maximum Gasteiger partial charge on any atom is 0.113 e. The van der Waals surface area contributed by atoms with Gasteiger partial charge >= 0.3 is 0 Å². The van der Waals surface area contributed by atoms with Crippen LogP contribution in [-0.2, 0) is 5.41 Å². The standard InChI is InChI=1S/C27H17B3/c1-14-9-18-17-5-3-4-6-21(17)27(23(18)10-15(14)2)22-8-7-16(28)11-19(22)20-12-25(29)26(30)13-24(20)27/h3-13H,1-2H3. The number of hydrogen-bond donors (Lipinski definition) is 0. The Morgan fingerprint density at radius 2 is 1.13 bits per heavy atom. The molecule has 0 nitrogen and oxygen atoms in total. The molecule has 3 heteroatoms. The van der Waals surface area contributed by atoms with Crippen molar-refractivity contribution >= 4 is 39.9 Å². The lowest BCUT2D eigenvalue weighted by Crippen LogP contribution is -2.31. The summed E-state index contributed by atoms with van der Waals surface area (Å²) in [4.78, 5) is 0. The maximum absolute atomic E-state index is 6.35. The molecule has 0 fully saturated rings. The molecule has 0 aliphatic heterocycles. The molecule has 2 aliphatic rings. The predicted octanol–water partition coefficient (Wildman–Crippen LogP) is 3.03. The molecule has 0 N–H and O–H groups in total. The van der Waals surface area contributed by atoms with Crippen LogP contribution in [-0.4, -0.2) is 23.5 Å². The van der Waals surface area contributed by atoms with Gasteiger partial charge in [0, 0.05) is 0 Å². The third-order valence-corrected chi connectivity index (χ3v) is 7.02. The van der Waals surface area contributed by atoms with Gasteiger partial charge in [0.25, 0.3) is 0 Å². The van der Waals surface area contributed by atoms with Gasteiger partial charge in [-0.05, 0) is 69.5 Å². The number of benzene rings is 4. The average molecular weight is 374 g/mol. The molecule has 6 rings (SSSR count). The Labute approximate surface area is 181 Å². The van der Waals surface area contributed by atoms with Crippen LogP contribution in [0.1, 0.15) is 33.4 Å². The van der Waals surface area contributed by atoms with Gasteiger partial charge in [-0.25, -0.2) is 0 Å². The number of rotatable bonds is 0. The maximum atomic E-state index is 6.35. The highest BCUT2D eigenvalue weighted by Gasteiger charge is 2.51. The van der Waals surface area contributed by atoms with E-state index in [1.807, 2.05) is 12.1 Å². The van der Waals surface area contributed by atoms with Gasteiger partial charge in [0.15, 0.2) is 0 Å². The van der Waals surface area contributed by atoms with Crippen molar-refractivity contribution in [1.29, 1.82) is 0 Å². The molecule has 0 aromatic heterocycles. The Kier molecular flexibility index (Phi) is 3.47. The van der Waals surface area contributed by atoms with Crippen molar-refractivity contribution < 1.29 is 0 Å². The zero-order valence-electron chi connectivity index (χ0n) is 17.1. The summed E-state index contributed by atoms with van der Waals surface area (Å²) in [5, 5.41) is 0. The molecule has 1 atom stereocenters. The molecule has 0 saturated carbocycles. The average Bonchev–Trinajstić information content (AvgIpc) is 3.15. The van der Waals surface area contributed by atoms with Crippen LogP contribution in [0.5, 0.6) is 0 Å². The van der Waals surface area contributed by atoms with Gasteiger partial charge in [-0.3, -0.25) is 0 Å². The summed E-state index contributed by atoms with van der Waals surface area (Å²) in [5.41, 5.74) is 14.0. The first-order chi connectivity index (χ1) is 14.4. The fraction of sp³-hybridized carbons (Fsp3) is 0.111. The number of fused-ring (bicyclic) bond motifs is 10. The van der Waals surface area contributed by atoms with Crippen LogP contribution in [0.3, 0.4) is 0 Å². The molecular formula is C27H17B3. The van der Waals surface area contributed by atoms with Crippen molar-refractivity contribution in [3.8, 4) is 22.3 Å². The lowest BCUT2D eigenvalue weighted by molar-refractivity contribution is 0.793. The lowest BCUT2D eigenvalue weighted by Gasteiger charge is -2.31. The molecule has 2 aliphatic carbocycles. The Morgan fingerprint density at radius 3 is 1.97 bits per heavy atom. The first-order valence-corrected chi connectivity index (χ1v) is 10.2. The molecule has 1 spiro atoms. The van der Waals surface area contributed by atoms with E-state index in [9.17, 15) is 0 Å². The van der Waals surface area contributed by atoms with E-state index in [4.69, 9.17) is 23.5 Å². The molecule has 0 heterocycles. The minimum Gasteiger partial charge on any atom is -0.103 e. The van der Waals surface area contributed by atoms with E-state index in [2.05, 4.69) is 68.4 Å². The minimum atomic E-state index is -0.412. The second kappa shape index (κ2) is 5.82. The van der Waals surface area contributed by atoms with Gasteiger partial charge in [0.2, 0.25) is 0 Å². The summed E-state index contributed by atoms with van der Waals surface area (Å²) in [6, 6.07) is 23.7. The highest BCUT2D eigenvalue weighted by molar-refractivity contribution is 6.49. The van der Waals surface area contributed by atoms with E-state index in [-0.39, 0.29) is 0 Å². The van der Waals surface area contributed by atoms with Crippen LogP contribution in [0, 0.1) is 13.8 Å². The van der Waals surface area contributed by atoms with Gasteiger partial charge in [-0.2, -0.15) is 0 Å². The molecule has 0 bridgehead atoms. The third-order valence-electron chi connectivity index (χ3n) is 7.02. The molecule has 0 saturated heterocycles. The van der Waals surface area contributed by atoms with Crippen LogP contribution >= 0.6 is 0 Å². The van der Waals surface area contributed by atoms with Gasteiger partial charge < -0.3 is 0 Å². The monoisotopic (exact) mass is 374 g/mol. The fourth-order valence-electron chi connectivity index (χ4n) is 5.54. The SMILES string of the molecule is [B]c1ccc2c(c1)-c1cc([B])c([B])cc1C21c2ccccc2-c2cc(C)c(C)cc21. The van der Waals surface area contributed by atoms with Crippen molar-refractivity contribution in [2.24, 2.45) is 0 Å². The molecule has 4 aromatic rings. The number of aryl methyl sites for hydroxylation is 2. The highest BCUT2D eigenvalue weighted by atomic mass is 14.5. The molecule has 4 aromatic carbocycles. The Balaban J connectivity index is 1.87. The van der Waals surface area contributed by atoms with Crippen molar-refractivity contribution in [2.45, 2.75) is 19.3 Å². The normalized spacial score (nSPS) is 17.5. The summed E-state index contributed by atoms with van der Waals surface area (Å²) < 4.78 is 0. The van der Waals surface area contributed by atoms with Gasteiger partial charge in [-0.1, -0.05) is 72.2 Å². The summed E-state index contributed by atoms with van der Waals surface area (Å²) >= 11 is 0. The van der Waals surface area contributed by atoms with Crippen LogP contribution in [0.25, 0.3) is 22.3 Å². The first-order valence-electron chi connectivity index (χ1n) is 10.2. The zero-order valence-corrected chi connectivity index (χ0v) is 17.1. The van der Waals surface area contributed by atoms with E-state index in [1.54, 1.807) is 0 Å². The zero-order chi connectivity index (χ0) is 20.8. The Bertz CT molecular complexity index is 1400. The second-order valence-electron chi connectivity index (χ2n) is 8.61. The summed E-state index contributed by atoms with van der Waals surface area (Å²) in [7, 11) is 18.8.